The molecule has 2 bridgehead atoms. The van der Waals surface area contributed by atoms with Crippen LogP contribution in [0.2, 0.25) is 0 Å². The number of Topliss-reactive ketones (excluding diaryl/α,β-unsaturated/α-hetero) is 1. The van der Waals surface area contributed by atoms with Gasteiger partial charge in [0.25, 0.3) is 5.72 Å². The van der Waals surface area contributed by atoms with Crippen LogP contribution < -0.4 is 0 Å². The summed E-state index contributed by atoms with van der Waals surface area (Å²) >= 11 is 0. The van der Waals surface area contributed by atoms with Gasteiger partial charge in [-0.25, -0.2) is 4.99 Å². The fourth-order valence-electron chi connectivity index (χ4n) is 3.64. The number of ether oxygens (including phenoxy) is 2. The van der Waals surface area contributed by atoms with Gasteiger partial charge in [-0.1, -0.05) is 42.0 Å². The molecular weight excluding hydrogens is 334 g/mol. The lowest BCUT2D eigenvalue weighted by Gasteiger charge is -2.28. The molecule has 6 heteroatoms. The van der Waals surface area contributed by atoms with Crippen molar-refractivity contribution in [3.8, 4) is 0 Å². The van der Waals surface area contributed by atoms with Gasteiger partial charge in [0.15, 0.2) is 5.41 Å². The molecular formula is C20H21NO5. The van der Waals surface area contributed by atoms with Gasteiger partial charge in [0.05, 0.1) is 12.3 Å². The molecule has 1 heterocycles. The average Bonchev–Trinajstić information content (AvgIpc) is 2.77. The van der Waals surface area contributed by atoms with Gasteiger partial charge in [0.1, 0.15) is 0 Å². The minimum atomic E-state index is -1.72. The normalized spacial score (nSPS) is 27.3. The molecule has 0 spiro atoms. The number of esters is 2. The maximum absolute atomic E-state index is 13.5. The van der Waals surface area contributed by atoms with E-state index >= 15 is 0 Å². The summed E-state index contributed by atoms with van der Waals surface area (Å²) < 4.78 is 10.7. The summed E-state index contributed by atoms with van der Waals surface area (Å²) in [5, 5.41) is 0. The molecule has 2 unspecified atom stereocenters. The van der Waals surface area contributed by atoms with Crippen LogP contribution in [0.15, 0.2) is 47.0 Å². The number of hydrogen-bond donors (Lipinski definition) is 0. The fraction of sp³-hybridized carbons (Fsp3) is 0.400. The molecule has 1 aromatic carbocycles. The molecule has 0 aromatic heterocycles. The van der Waals surface area contributed by atoms with Gasteiger partial charge < -0.3 is 9.47 Å². The summed E-state index contributed by atoms with van der Waals surface area (Å²) in [4.78, 5) is 42.7. The second kappa shape index (κ2) is 6.52. The highest BCUT2D eigenvalue weighted by atomic mass is 16.6. The fourth-order valence-corrected chi connectivity index (χ4v) is 3.64. The second-order valence-electron chi connectivity index (χ2n) is 6.59. The van der Waals surface area contributed by atoms with E-state index in [0.29, 0.717) is 11.3 Å². The zero-order valence-corrected chi connectivity index (χ0v) is 15.1. The van der Waals surface area contributed by atoms with E-state index < -0.39 is 28.9 Å². The van der Waals surface area contributed by atoms with E-state index in [9.17, 15) is 14.4 Å². The Labute approximate surface area is 151 Å². The summed E-state index contributed by atoms with van der Waals surface area (Å²) in [6.45, 7) is 4.90. The van der Waals surface area contributed by atoms with E-state index in [1.807, 2.05) is 13.0 Å². The van der Waals surface area contributed by atoms with Crippen LogP contribution in [0.4, 0.5) is 0 Å². The molecule has 0 N–H and O–H groups in total. The first-order valence-electron chi connectivity index (χ1n) is 8.59. The number of benzene rings is 1. The van der Waals surface area contributed by atoms with Crippen molar-refractivity contribution in [3.63, 3.8) is 0 Å². The molecule has 0 amide bonds. The Hall–Kier alpha value is -2.76. The van der Waals surface area contributed by atoms with E-state index in [1.54, 1.807) is 37.3 Å². The maximum Gasteiger partial charge on any atom is 0.326 e. The van der Waals surface area contributed by atoms with Crippen LogP contribution in [0, 0.1) is 5.41 Å². The number of nitrogens with zero attached hydrogens (tertiary/aromatic N) is 1. The number of allylic oxidation sites excluding steroid dienone is 1. The molecule has 0 saturated carbocycles. The first-order chi connectivity index (χ1) is 12.4. The largest absolute Gasteiger partial charge is 0.465 e. The summed E-state index contributed by atoms with van der Waals surface area (Å²) in [5.41, 5.74) is -1.54. The molecule has 1 aliphatic heterocycles. The van der Waals surface area contributed by atoms with Crippen molar-refractivity contribution in [2.75, 3.05) is 6.61 Å². The van der Waals surface area contributed by atoms with Gasteiger partial charge in [0.2, 0.25) is 5.78 Å². The third kappa shape index (κ3) is 2.66. The highest BCUT2D eigenvalue weighted by molar-refractivity contribution is 6.34. The molecule has 1 aromatic rings. The van der Waals surface area contributed by atoms with Gasteiger partial charge in [-0.05, 0) is 25.8 Å². The highest BCUT2D eigenvalue weighted by Gasteiger charge is 2.66. The zero-order valence-electron chi connectivity index (χ0n) is 15.1. The van der Waals surface area contributed by atoms with Gasteiger partial charge in [0, 0.05) is 13.3 Å². The average molecular weight is 355 g/mol. The van der Waals surface area contributed by atoms with Gasteiger partial charge >= 0.3 is 11.9 Å². The lowest BCUT2D eigenvalue weighted by Crippen LogP contribution is -2.50. The predicted molar refractivity (Wildman–Crippen MR) is 94.5 cm³/mol. The molecule has 136 valence electrons. The number of hydrogen-bond acceptors (Lipinski definition) is 6. The molecule has 0 fully saturated rings. The monoisotopic (exact) mass is 355 g/mol. The summed E-state index contributed by atoms with van der Waals surface area (Å²) in [5.74, 6) is -1.82. The molecule has 0 radical (unpaired) electrons. The molecule has 2 atom stereocenters. The van der Waals surface area contributed by atoms with E-state index in [0.717, 1.165) is 5.57 Å². The number of carbonyl (C=O) groups is 3. The van der Waals surface area contributed by atoms with E-state index in [-0.39, 0.29) is 19.4 Å². The van der Waals surface area contributed by atoms with Crippen molar-refractivity contribution >= 4 is 23.4 Å². The summed E-state index contributed by atoms with van der Waals surface area (Å²) in [6, 6.07) is 9.01. The number of fused-ring (bicyclic) bond motifs is 2. The van der Waals surface area contributed by atoms with Crippen molar-refractivity contribution in [2.24, 2.45) is 10.4 Å². The third-order valence-corrected chi connectivity index (χ3v) is 4.69. The molecule has 6 nitrogen and oxygen atoms in total. The Morgan fingerprint density at radius 1 is 1.23 bits per heavy atom. The lowest BCUT2D eigenvalue weighted by molar-refractivity contribution is -0.170. The van der Waals surface area contributed by atoms with Crippen LogP contribution in [-0.4, -0.2) is 35.8 Å². The van der Waals surface area contributed by atoms with Crippen molar-refractivity contribution in [2.45, 2.75) is 39.3 Å². The Morgan fingerprint density at radius 3 is 2.54 bits per heavy atom. The van der Waals surface area contributed by atoms with Crippen LogP contribution in [0.5, 0.6) is 0 Å². The van der Waals surface area contributed by atoms with Gasteiger partial charge in [-0.3, -0.25) is 14.4 Å². The quantitative estimate of drug-likeness (QED) is 0.471. The molecule has 26 heavy (non-hydrogen) atoms. The topological polar surface area (TPSA) is 82.0 Å². The smallest absolute Gasteiger partial charge is 0.326 e. The SMILES string of the molecule is CCOC(=O)C12CC(C)=CCC(OC(C)=O)(N=C1c1ccccc1)C2=O. The van der Waals surface area contributed by atoms with Crippen LogP contribution in [-0.2, 0) is 23.9 Å². The van der Waals surface area contributed by atoms with Crippen LogP contribution in [0.1, 0.15) is 39.2 Å². The Morgan fingerprint density at radius 2 is 1.92 bits per heavy atom. The lowest BCUT2D eigenvalue weighted by atomic mass is 9.72. The minimum Gasteiger partial charge on any atom is -0.465 e. The third-order valence-electron chi connectivity index (χ3n) is 4.69. The zero-order chi connectivity index (χ0) is 18.9. The highest BCUT2D eigenvalue weighted by Crippen LogP contribution is 2.48. The second-order valence-corrected chi connectivity index (χ2v) is 6.59. The number of carbonyl (C=O) groups excluding carboxylic acids is 3. The van der Waals surface area contributed by atoms with Crippen LogP contribution >= 0.6 is 0 Å². The van der Waals surface area contributed by atoms with Gasteiger partial charge in [-0.2, -0.15) is 0 Å². The summed E-state index contributed by atoms with van der Waals surface area (Å²) in [7, 11) is 0. The van der Waals surface area contributed by atoms with Crippen LogP contribution in [0.25, 0.3) is 0 Å². The van der Waals surface area contributed by atoms with E-state index in [1.165, 1.54) is 6.92 Å². The Balaban J connectivity index is 2.27. The maximum atomic E-state index is 13.5. The molecule has 1 aliphatic carbocycles. The van der Waals surface area contributed by atoms with Crippen molar-refractivity contribution < 1.29 is 23.9 Å². The number of rotatable bonds is 4. The van der Waals surface area contributed by atoms with Crippen LogP contribution in [0.3, 0.4) is 0 Å². The molecule has 3 rings (SSSR count). The van der Waals surface area contributed by atoms with Gasteiger partial charge in [-0.15, -0.1) is 0 Å². The molecule has 2 aliphatic rings. The Kier molecular flexibility index (Phi) is 4.52. The minimum absolute atomic E-state index is 0.106. The van der Waals surface area contributed by atoms with Crippen molar-refractivity contribution in [3.05, 3.63) is 47.5 Å². The van der Waals surface area contributed by atoms with Crippen molar-refractivity contribution in [1.82, 2.24) is 0 Å². The predicted octanol–water partition coefficient (Wildman–Crippen LogP) is 2.61. The van der Waals surface area contributed by atoms with Crippen molar-refractivity contribution in [1.29, 1.82) is 0 Å². The Bertz CT molecular complexity index is 826. The first-order valence-corrected chi connectivity index (χ1v) is 8.59. The standard InChI is InChI=1S/C20H21NO5/c1-4-25-18(24)19-12-13(2)10-11-20(17(19)23,26-14(3)22)21-16(19)15-8-6-5-7-9-15/h5-10H,4,11-12H2,1-3H3. The van der Waals surface area contributed by atoms with E-state index in [4.69, 9.17) is 9.47 Å². The van der Waals surface area contributed by atoms with E-state index in [2.05, 4.69) is 4.99 Å². The number of ketones is 1. The molecule has 0 saturated heterocycles. The summed E-state index contributed by atoms with van der Waals surface area (Å²) in [6.07, 6.45) is 2.06. The number of aliphatic imine (C=N–C) groups is 1. The first kappa shape index (κ1) is 18.0.